The van der Waals surface area contributed by atoms with Gasteiger partial charge in [-0.05, 0) is 31.0 Å². The molecule has 0 aliphatic carbocycles. The van der Waals surface area contributed by atoms with Crippen LogP contribution in [0.5, 0.6) is 0 Å². The van der Waals surface area contributed by atoms with Crippen molar-refractivity contribution in [1.82, 2.24) is 4.72 Å². The molecular formula is C14H23ClN2O2S. The Kier molecular flexibility index (Phi) is 6.79. The van der Waals surface area contributed by atoms with Gasteiger partial charge in [-0.2, -0.15) is 0 Å². The Labute approximate surface area is 126 Å². The highest BCUT2D eigenvalue weighted by atomic mass is 35.5. The van der Waals surface area contributed by atoms with Crippen molar-refractivity contribution in [2.24, 2.45) is 0 Å². The number of nitrogens with two attached hydrogens (primary N) is 1. The number of rotatable bonds is 8. The molecule has 0 bridgehead atoms. The van der Waals surface area contributed by atoms with Crippen molar-refractivity contribution in [3.05, 3.63) is 23.2 Å². The van der Waals surface area contributed by atoms with E-state index in [0.717, 1.165) is 32.1 Å². The van der Waals surface area contributed by atoms with Crippen LogP contribution in [0.3, 0.4) is 0 Å². The fraction of sp³-hybridized carbons (Fsp3) is 0.571. The van der Waals surface area contributed by atoms with Crippen LogP contribution in [0.25, 0.3) is 0 Å². The maximum atomic E-state index is 12.4. The molecule has 3 N–H and O–H groups in total. The second-order valence-electron chi connectivity index (χ2n) is 4.94. The smallest absolute Gasteiger partial charge is 0.242 e. The molecule has 1 atom stereocenters. The summed E-state index contributed by atoms with van der Waals surface area (Å²) in [6.45, 7) is 4.13. The van der Waals surface area contributed by atoms with Crippen LogP contribution < -0.4 is 10.5 Å². The second-order valence-corrected chi connectivity index (χ2v) is 7.03. The van der Waals surface area contributed by atoms with E-state index >= 15 is 0 Å². The summed E-state index contributed by atoms with van der Waals surface area (Å²) in [5.41, 5.74) is 6.03. The zero-order chi connectivity index (χ0) is 15.2. The Balaban J connectivity index is 2.93. The molecule has 1 aromatic rings. The fourth-order valence-electron chi connectivity index (χ4n) is 2.07. The quantitative estimate of drug-likeness (QED) is 0.720. The predicted molar refractivity (Wildman–Crippen MR) is 84.4 cm³/mol. The van der Waals surface area contributed by atoms with Gasteiger partial charge in [-0.1, -0.05) is 44.7 Å². The number of hydrogen-bond donors (Lipinski definition) is 2. The first-order valence-electron chi connectivity index (χ1n) is 6.98. The normalized spacial score (nSPS) is 13.3. The minimum atomic E-state index is -3.63. The van der Waals surface area contributed by atoms with Gasteiger partial charge in [-0.15, -0.1) is 0 Å². The number of hydrogen-bond acceptors (Lipinski definition) is 3. The van der Waals surface area contributed by atoms with E-state index in [9.17, 15) is 8.42 Å². The third-order valence-corrected chi connectivity index (χ3v) is 5.11. The molecule has 0 saturated carbocycles. The van der Waals surface area contributed by atoms with E-state index in [1.807, 2.05) is 6.92 Å². The summed E-state index contributed by atoms with van der Waals surface area (Å²) < 4.78 is 27.6. The van der Waals surface area contributed by atoms with Gasteiger partial charge < -0.3 is 5.73 Å². The zero-order valence-corrected chi connectivity index (χ0v) is 13.6. The molecule has 1 aromatic carbocycles. The number of anilines is 1. The molecule has 4 nitrogen and oxygen atoms in total. The van der Waals surface area contributed by atoms with Crippen molar-refractivity contribution in [2.45, 2.75) is 56.9 Å². The first-order valence-corrected chi connectivity index (χ1v) is 8.84. The van der Waals surface area contributed by atoms with Gasteiger partial charge in [-0.25, -0.2) is 13.1 Å². The molecule has 114 valence electrons. The molecular weight excluding hydrogens is 296 g/mol. The van der Waals surface area contributed by atoms with E-state index in [0.29, 0.717) is 5.69 Å². The lowest BCUT2D eigenvalue weighted by Crippen LogP contribution is -2.35. The average molecular weight is 319 g/mol. The Morgan fingerprint density at radius 2 is 1.95 bits per heavy atom. The van der Waals surface area contributed by atoms with Crippen molar-refractivity contribution in [3.8, 4) is 0 Å². The first-order chi connectivity index (χ1) is 9.40. The van der Waals surface area contributed by atoms with Crippen molar-refractivity contribution in [1.29, 1.82) is 0 Å². The molecule has 0 saturated heterocycles. The highest BCUT2D eigenvalue weighted by Gasteiger charge is 2.22. The van der Waals surface area contributed by atoms with Gasteiger partial charge in [0.05, 0.1) is 5.02 Å². The Morgan fingerprint density at radius 1 is 1.25 bits per heavy atom. The SMILES string of the molecule is CCCCC(CCC)NS(=O)(=O)c1cc(N)ccc1Cl. The molecule has 6 heteroatoms. The minimum Gasteiger partial charge on any atom is -0.399 e. The summed E-state index contributed by atoms with van der Waals surface area (Å²) >= 11 is 5.97. The molecule has 0 aliphatic heterocycles. The number of nitrogen functional groups attached to an aromatic ring is 1. The molecule has 0 amide bonds. The number of halogens is 1. The Hall–Kier alpha value is -0.780. The number of unbranched alkanes of at least 4 members (excludes halogenated alkanes) is 1. The summed E-state index contributed by atoms with van der Waals surface area (Å²) in [5.74, 6) is 0. The predicted octanol–water partition coefficient (Wildman–Crippen LogP) is 3.56. The molecule has 0 heterocycles. The van der Waals surface area contributed by atoms with Gasteiger partial charge in [0.2, 0.25) is 10.0 Å². The maximum Gasteiger partial charge on any atom is 0.242 e. The molecule has 0 spiro atoms. The highest BCUT2D eigenvalue weighted by Crippen LogP contribution is 2.24. The summed E-state index contributed by atoms with van der Waals surface area (Å²) in [6.07, 6.45) is 4.63. The average Bonchev–Trinajstić information content (AvgIpc) is 2.38. The zero-order valence-electron chi connectivity index (χ0n) is 12.0. The largest absolute Gasteiger partial charge is 0.399 e. The molecule has 1 rings (SSSR count). The fourth-order valence-corrected chi connectivity index (χ4v) is 3.91. The van der Waals surface area contributed by atoms with E-state index in [2.05, 4.69) is 11.6 Å². The van der Waals surface area contributed by atoms with E-state index in [1.54, 1.807) is 6.07 Å². The maximum absolute atomic E-state index is 12.4. The van der Waals surface area contributed by atoms with Crippen LogP contribution in [0.1, 0.15) is 46.0 Å². The molecule has 0 aliphatic rings. The molecule has 20 heavy (non-hydrogen) atoms. The molecule has 0 aromatic heterocycles. The summed E-state index contributed by atoms with van der Waals surface area (Å²) in [5, 5.41) is 0.192. The standard InChI is InChI=1S/C14H23ClN2O2S/c1-3-5-7-12(6-4-2)17-20(18,19)14-10-11(16)8-9-13(14)15/h8-10,12,17H,3-7,16H2,1-2H3. The summed E-state index contributed by atoms with van der Waals surface area (Å²) in [7, 11) is -3.63. The van der Waals surface area contributed by atoms with E-state index in [-0.39, 0.29) is 16.0 Å². The number of benzene rings is 1. The lowest BCUT2D eigenvalue weighted by atomic mass is 10.1. The third kappa shape index (κ3) is 4.96. The van der Waals surface area contributed by atoms with Crippen LogP contribution in [-0.4, -0.2) is 14.5 Å². The lowest BCUT2D eigenvalue weighted by Gasteiger charge is -2.18. The van der Waals surface area contributed by atoms with Crippen LogP contribution in [0.4, 0.5) is 5.69 Å². The highest BCUT2D eigenvalue weighted by molar-refractivity contribution is 7.89. The lowest BCUT2D eigenvalue weighted by molar-refractivity contribution is 0.483. The van der Waals surface area contributed by atoms with Crippen LogP contribution in [0, 0.1) is 0 Å². The van der Waals surface area contributed by atoms with Crippen LogP contribution >= 0.6 is 11.6 Å². The Morgan fingerprint density at radius 3 is 2.55 bits per heavy atom. The van der Waals surface area contributed by atoms with E-state index in [1.165, 1.54) is 12.1 Å². The molecule has 1 unspecified atom stereocenters. The summed E-state index contributed by atoms with van der Waals surface area (Å²) in [4.78, 5) is 0.0526. The third-order valence-electron chi connectivity index (χ3n) is 3.11. The van der Waals surface area contributed by atoms with Crippen molar-refractivity contribution in [2.75, 3.05) is 5.73 Å². The van der Waals surface area contributed by atoms with Gasteiger partial charge >= 0.3 is 0 Å². The molecule has 0 fully saturated rings. The van der Waals surface area contributed by atoms with Gasteiger partial charge in [0.15, 0.2) is 0 Å². The van der Waals surface area contributed by atoms with Crippen LogP contribution in [0.15, 0.2) is 23.1 Å². The van der Waals surface area contributed by atoms with E-state index < -0.39 is 10.0 Å². The van der Waals surface area contributed by atoms with Gasteiger partial charge in [-0.3, -0.25) is 0 Å². The number of nitrogens with one attached hydrogen (secondary N) is 1. The van der Waals surface area contributed by atoms with Crippen molar-refractivity contribution >= 4 is 27.3 Å². The number of sulfonamides is 1. The minimum absolute atomic E-state index is 0.0526. The van der Waals surface area contributed by atoms with Crippen LogP contribution in [0.2, 0.25) is 5.02 Å². The monoisotopic (exact) mass is 318 g/mol. The van der Waals surface area contributed by atoms with Crippen molar-refractivity contribution in [3.63, 3.8) is 0 Å². The van der Waals surface area contributed by atoms with Crippen LogP contribution in [-0.2, 0) is 10.0 Å². The van der Waals surface area contributed by atoms with Gasteiger partial charge in [0.1, 0.15) is 4.90 Å². The van der Waals surface area contributed by atoms with Gasteiger partial charge in [0.25, 0.3) is 0 Å². The topological polar surface area (TPSA) is 72.2 Å². The summed E-state index contributed by atoms with van der Waals surface area (Å²) in [6, 6.07) is 4.43. The van der Waals surface area contributed by atoms with Crippen molar-refractivity contribution < 1.29 is 8.42 Å². The molecule has 0 radical (unpaired) electrons. The van der Waals surface area contributed by atoms with Gasteiger partial charge in [0, 0.05) is 11.7 Å². The van der Waals surface area contributed by atoms with E-state index in [4.69, 9.17) is 17.3 Å². The first kappa shape index (κ1) is 17.3. The Bertz CT molecular complexity index is 532. The second kappa shape index (κ2) is 7.86.